The summed E-state index contributed by atoms with van der Waals surface area (Å²) >= 11 is 4.78. The molecule has 0 aromatic heterocycles. The van der Waals surface area contributed by atoms with Gasteiger partial charge in [0, 0.05) is 23.5 Å². The van der Waals surface area contributed by atoms with Crippen LogP contribution >= 0.6 is 12.6 Å². The van der Waals surface area contributed by atoms with Crippen LogP contribution in [0.4, 0.5) is 0 Å². The fourth-order valence-corrected chi connectivity index (χ4v) is 6.06. The van der Waals surface area contributed by atoms with Crippen molar-refractivity contribution in [2.24, 2.45) is 11.8 Å². The summed E-state index contributed by atoms with van der Waals surface area (Å²) in [6, 6.07) is 13.2. The molecule has 0 spiro atoms. The second-order valence-corrected chi connectivity index (χ2v) is 18.2. The zero-order valence-corrected chi connectivity index (χ0v) is 40.4. The van der Waals surface area contributed by atoms with Gasteiger partial charge in [-0.25, -0.2) is 0 Å². The van der Waals surface area contributed by atoms with Crippen LogP contribution < -0.4 is 4.74 Å². The van der Waals surface area contributed by atoms with Gasteiger partial charge in [0.2, 0.25) is 0 Å². The van der Waals surface area contributed by atoms with Gasteiger partial charge in [-0.15, -0.1) is 12.6 Å². The number of thiol groups is 1. The molecule has 2 aromatic rings. The Hall–Kier alpha value is -1.61. The molecule has 3 rings (SSSR count). The molecule has 328 valence electrons. The van der Waals surface area contributed by atoms with Gasteiger partial charge in [0.15, 0.2) is 0 Å². The molecular weight excluding hydrogens is 717 g/mol. The Balaban J connectivity index is 0. The maximum atomic E-state index is 10.8. The van der Waals surface area contributed by atoms with E-state index >= 15 is 0 Å². The molecule has 1 aliphatic carbocycles. The Morgan fingerprint density at radius 2 is 1.16 bits per heavy atom. The molecule has 2 aromatic carbocycles. The van der Waals surface area contributed by atoms with Gasteiger partial charge in [-0.1, -0.05) is 100 Å². The first-order valence-corrected chi connectivity index (χ1v) is 22.4. The number of hydrogen-bond acceptors (Lipinski definition) is 7. The maximum absolute atomic E-state index is 10.8. The van der Waals surface area contributed by atoms with E-state index in [1.54, 1.807) is 27.7 Å². The molecule has 0 amide bonds. The molecule has 0 saturated carbocycles. The predicted octanol–water partition coefficient (Wildman–Crippen LogP) is 13.0. The molecule has 7 heteroatoms. The Morgan fingerprint density at radius 3 is 1.57 bits per heavy atom. The summed E-state index contributed by atoms with van der Waals surface area (Å²) in [5.41, 5.74) is 1.59. The van der Waals surface area contributed by atoms with Gasteiger partial charge in [0.25, 0.3) is 0 Å². The summed E-state index contributed by atoms with van der Waals surface area (Å²) in [4.78, 5) is 1.01. The predicted molar refractivity (Wildman–Crippen MR) is 246 cm³/mol. The highest BCUT2D eigenvalue weighted by molar-refractivity contribution is 7.80. The molecule has 1 aliphatic rings. The molecule has 3 atom stereocenters. The zero-order valence-electron chi connectivity index (χ0n) is 39.5. The van der Waals surface area contributed by atoms with Crippen molar-refractivity contribution in [1.29, 1.82) is 0 Å². The Labute approximate surface area is 352 Å². The van der Waals surface area contributed by atoms with Crippen molar-refractivity contribution in [1.82, 2.24) is 0 Å². The second kappa shape index (κ2) is 26.5. The highest BCUT2D eigenvalue weighted by atomic mass is 32.1. The van der Waals surface area contributed by atoms with Gasteiger partial charge in [0.1, 0.15) is 11.4 Å². The zero-order chi connectivity index (χ0) is 44.1. The minimum Gasteiger partial charge on any atom is -0.485 e. The first kappa shape index (κ1) is 56.5. The molecule has 0 aliphatic heterocycles. The van der Waals surface area contributed by atoms with Crippen molar-refractivity contribution >= 4 is 12.6 Å². The first-order valence-electron chi connectivity index (χ1n) is 21.9. The van der Waals surface area contributed by atoms with E-state index in [1.165, 1.54) is 41.5 Å². The number of hydrogen-bond donors (Lipinski definition) is 5. The van der Waals surface area contributed by atoms with Crippen LogP contribution in [0.25, 0.3) is 11.1 Å². The van der Waals surface area contributed by atoms with Gasteiger partial charge in [-0.3, -0.25) is 0 Å². The van der Waals surface area contributed by atoms with Gasteiger partial charge in [0.05, 0.1) is 22.9 Å². The standard InChI is InChI=1S/C35H54O3S.C6H14O2.C4H10O.2C2H6/c1-10-25(4)13-11-19-35(20-12-14-26(5)37-23-24(2)3)31-21-27(38-34(8,9)33(6,7)36)15-17-29(31)30-18-16-28(39)22-32(30)35;1-5(2,7)6(3,4)8;1-2-3-4-5;2*1-2/h15-18,21-22,24-26,36,39H,10-14,19-20,23H2,1-9H3;7-8H,1-4H3;5H,2-4H2,1H3;2*1-2H3. The average Bonchev–Trinajstić information content (AvgIpc) is 3.36. The fourth-order valence-electron chi connectivity index (χ4n) is 5.85. The number of fused-ring (bicyclic) bond motifs is 3. The molecule has 6 nitrogen and oxygen atoms in total. The summed E-state index contributed by atoms with van der Waals surface area (Å²) in [6.07, 6.45) is 10.2. The quantitative estimate of drug-likeness (QED) is 0.0962. The molecule has 0 heterocycles. The van der Waals surface area contributed by atoms with E-state index in [0.29, 0.717) is 12.5 Å². The van der Waals surface area contributed by atoms with Crippen LogP contribution in [0.2, 0.25) is 0 Å². The van der Waals surface area contributed by atoms with Gasteiger partial charge >= 0.3 is 0 Å². The lowest BCUT2D eigenvalue weighted by Gasteiger charge is -2.38. The average molecular weight is 807 g/mol. The van der Waals surface area contributed by atoms with Crippen molar-refractivity contribution < 1.29 is 29.9 Å². The summed E-state index contributed by atoms with van der Waals surface area (Å²) in [6.45, 7) is 36.3. The van der Waals surface area contributed by atoms with Gasteiger partial charge in [-0.05, 0) is 153 Å². The van der Waals surface area contributed by atoms with Crippen LogP contribution in [-0.2, 0) is 10.2 Å². The molecule has 0 bridgehead atoms. The summed E-state index contributed by atoms with van der Waals surface area (Å²) in [5, 5.41) is 37.0. The van der Waals surface area contributed by atoms with Crippen molar-refractivity contribution in [2.45, 2.75) is 221 Å². The minimum atomic E-state index is -1.01. The molecule has 0 radical (unpaired) electrons. The van der Waals surface area contributed by atoms with Crippen LogP contribution in [0, 0.1) is 11.8 Å². The molecule has 0 fully saturated rings. The number of aliphatic hydroxyl groups excluding tert-OH is 1. The van der Waals surface area contributed by atoms with E-state index in [9.17, 15) is 5.11 Å². The van der Waals surface area contributed by atoms with Gasteiger partial charge in [-0.2, -0.15) is 0 Å². The lowest BCUT2D eigenvalue weighted by molar-refractivity contribution is -0.107. The summed E-state index contributed by atoms with van der Waals surface area (Å²) < 4.78 is 12.6. The second-order valence-electron chi connectivity index (χ2n) is 17.7. The number of rotatable bonds is 18. The highest BCUT2D eigenvalue weighted by Gasteiger charge is 2.44. The van der Waals surface area contributed by atoms with Crippen LogP contribution in [0.15, 0.2) is 41.3 Å². The Morgan fingerprint density at radius 1 is 0.679 bits per heavy atom. The first-order chi connectivity index (χ1) is 25.9. The van der Waals surface area contributed by atoms with Crippen LogP contribution in [-0.4, -0.2) is 62.1 Å². The number of aliphatic hydroxyl groups is 4. The van der Waals surface area contributed by atoms with E-state index in [4.69, 9.17) is 37.4 Å². The normalized spacial score (nSPS) is 16.0. The lowest BCUT2D eigenvalue weighted by atomic mass is 9.70. The largest absolute Gasteiger partial charge is 0.485 e. The summed E-state index contributed by atoms with van der Waals surface area (Å²) in [7, 11) is 0. The smallest absolute Gasteiger partial charge is 0.131 e. The molecular formula is C49H90O6S. The third kappa shape index (κ3) is 18.5. The van der Waals surface area contributed by atoms with Crippen molar-refractivity contribution in [3.8, 4) is 16.9 Å². The SMILES string of the molecule is CC.CC.CC(C)(O)C(C)(C)O.CCC(C)CCCC1(CCCC(C)OCC(C)C)c2cc(S)ccc2-c2ccc(OC(C)(C)C(C)(C)O)cc21.CCCCO. The summed E-state index contributed by atoms with van der Waals surface area (Å²) in [5.74, 6) is 2.10. The van der Waals surface area contributed by atoms with E-state index in [-0.39, 0.29) is 11.5 Å². The van der Waals surface area contributed by atoms with E-state index in [1.807, 2.05) is 55.4 Å². The third-order valence-electron chi connectivity index (χ3n) is 11.1. The molecule has 3 unspecified atom stereocenters. The van der Waals surface area contributed by atoms with Gasteiger partial charge < -0.3 is 29.9 Å². The maximum Gasteiger partial charge on any atom is 0.131 e. The highest BCUT2D eigenvalue weighted by Crippen LogP contribution is 2.55. The topological polar surface area (TPSA) is 99.4 Å². The Kier molecular flexibility index (Phi) is 26.7. The van der Waals surface area contributed by atoms with Crippen LogP contribution in [0.5, 0.6) is 5.75 Å². The lowest BCUT2D eigenvalue weighted by Crippen LogP contribution is -2.49. The third-order valence-corrected chi connectivity index (χ3v) is 11.4. The monoisotopic (exact) mass is 807 g/mol. The Bertz CT molecular complexity index is 1300. The van der Waals surface area contributed by atoms with Crippen LogP contribution in [0.1, 0.15) is 194 Å². The van der Waals surface area contributed by atoms with E-state index < -0.39 is 22.4 Å². The number of benzene rings is 2. The van der Waals surface area contributed by atoms with Crippen molar-refractivity contribution in [3.05, 3.63) is 47.5 Å². The van der Waals surface area contributed by atoms with Crippen molar-refractivity contribution in [2.75, 3.05) is 13.2 Å². The molecule has 4 N–H and O–H groups in total. The van der Waals surface area contributed by atoms with E-state index in [2.05, 4.69) is 77.9 Å². The van der Waals surface area contributed by atoms with Crippen LogP contribution in [0.3, 0.4) is 0 Å². The minimum absolute atomic E-state index is 0.0904. The van der Waals surface area contributed by atoms with E-state index in [0.717, 1.165) is 61.7 Å². The fraction of sp³-hybridized carbons (Fsp3) is 0.755. The molecule has 0 saturated heterocycles. The number of ether oxygens (including phenoxy) is 2. The molecule has 56 heavy (non-hydrogen) atoms. The number of unbranched alkanes of at least 4 members (excludes halogenated alkanes) is 1. The van der Waals surface area contributed by atoms with Crippen molar-refractivity contribution in [3.63, 3.8) is 0 Å².